The van der Waals surface area contributed by atoms with Gasteiger partial charge in [-0.2, -0.15) is 0 Å². The number of phenols is 1. The van der Waals surface area contributed by atoms with E-state index >= 15 is 0 Å². The number of carbonyl (C=O) groups excluding carboxylic acids is 1. The number of hydrogen-bond acceptors (Lipinski definition) is 4. The Bertz CT molecular complexity index is 448. The van der Waals surface area contributed by atoms with E-state index in [4.69, 9.17) is 22.7 Å². The Hall–Kier alpha value is -1.82. The van der Waals surface area contributed by atoms with Gasteiger partial charge in [0.2, 0.25) is 5.91 Å². The number of hydrogen-bond donors (Lipinski definition) is 3. The third kappa shape index (κ3) is 3.32. The van der Waals surface area contributed by atoms with Crippen LogP contribution >= 0.6 is 12.2 Å². The highest BCUT2D eigenvalue weighted by Crippen LogP contribution is 2.28. The van der Waals surface area contributed by atoms with Gasteiger partial charge in [0.1, 0.15) is 11.0 Å². The fraction of sp³-hybridized carbons (Fsp3) is 0.273. The van der Waals surface area contributed by atoms with E-state index in [0.29, 0.717) is 11.3 Å². The van der Waals surface area contributed by atoms with Crippen molar-refractivity contribution in [3.05, 3.63) is 23.8 Å². The summed E-state index contributed by atoms with van der Waals surface area (Å²) in [6, 6.07) is 4.12. The van der Waals surface area contributed by atoms with Crippen molar-refractivity contribution < 1.29 is 14.6 Å². The summed E-state index contributed by atoms with van der Waals surface area (Å²) >= 11 is 4.87. The minimum Gasteiger partial charge on any atom is -0.504 e. The number of ether oxygens (including phenoxy) is 1. The van der Waals surface area contributed by atoms with E-state index in [1.165, 1.54) is 20.1 Å². The van der Waals surface area contributed by atoms with Crippen molar-refractivity contribution in [1.82, 2.24) is 5.32 Å². The maximum absolute atomic E-state index is 11.0. The van der Waals surface area contributed by atoms with Gasteiger partial charge in [0, 0.05) is 6.92 Å². The monoisotopic (exact) mass is 254 g/mol. The van der Waals surface area contributed by atoms with E-state index in [-0.39, 0.29) is 16.6 Å². The first-order chi connectivity index (χ1) is 7.95. The van der Waals surface area contributed by atoms with Crippen molar-refractivity contribution in [2.75, 3.05) is 7.11 Å². The van der Waals surface area contributed by atoms with Gasteiger partial charge < -0.3 is 20.9 Å². The summed E-state index contributed by atoms with van der Waals surface area (Å²) in [5, 5.41) is 12.2. The second-order valence-corrected chi connectivity index (χ2v) is 3.94. The van der Waals surface area contributed by atoms with E-state index in [0.717, 1.165) is 0 Å². The van der Waals surface area contributed by atoms with Crippen LogP contribution < -0.4 is 15.8 Å². The number of rotatable bonds is 4. The topological polar surface area (TPSA) is 84.6 Å². The lowest BCUT2D eigenvalue weighted by Gasteiger charge is -2.17. The number of aromatic hydroxyl groups is 1. The number of amides is 1. The van der Waals surface area contributed by atoms with Crippen LogP contribution in [0, 0.1) is 0 Å². The maximum Gasteiger partial charge on any atom is 0.217 e. The molecule has 0 aliphatic rings. The molecule has 0 aliphatic heterocycles. The van der Waals surface area contributed by atoms with Crippen LogP contribution in [-0.2, 0) is 4.79 Å². The van der Waals surface area contributed by atoms with Crippen LogP contribution in [0.2, 0.25) is 0 Å². The smallest absolute Gasteiger partial charge is 0.217 e. The van der Waals surface area contributed by atoms with Crippen LogP contribution in [0.15, 0.2) is 18.2 Å². The standard InChI is InChI=1S/C11H14N2O3S/c1-6(14)13-10(11(12)17)7-3-4-9(16-2)8(15)5-7/h3-5,10,15H,1-2H3,(H2,12,17)(H,13,14). The molecule has 5 nitrogen and oxygen atoms in total. The highest BCUT2D eigenvalue weighted by Gasteiger charge is 2.17. The number of benzene rings is 1. The molecule has 1 rings (SSSR count). The first-order valence-electron chi connectivity index (χ1n) is 4.89. The molecule has 1 unspecified atom stereocenters. The first-order valence-corrected chi connectivity index (χ1v) is 5.30. The highest BCUT2D eigenvalue weighted by atomic mass is 32.1. The summed E-state index contributed by atoms with van der Waals surface area (Å²) < 4.78 is 4.92. The number of carbonyl (C=O) groups is 1. The molecule has 0 bridgehead atoms. The summed E-state index contributed by atoms with van der Waals surface area (Å²) in [5.41, 5.74) is 6.14. The molecule has 1 aromatic rings. The summed E-state index contributed by atoms with van der Waals surface area (Å²) in [4.78, 5) is 11.2. The number of nitrogens with two attached hydrogens (primary N) is 1. The number of nitrogens with one attached hydrogen (secondary N) is 1. The minimum absolute atomic E-state index is 0.0309. The van der Waals surface area contributed by atoms with Gasteiger partial charge in [-0.3, -0.25) is 4.79 Å². The van der Waals surface area contributed by atoms with Crippen LogP contribution in [0.1, 0.15) is 18.5 Å². The van der Waals surface area contributed by atoms with Crippen LogP contribution in [0.3, 0.4) is 0 Å². The molecule has 0 aliphatic carbocycles. The lowest BCUT2D eigenvalue weighted by Crippen LogP contribution is -2.35. The van der Waals surface area contributed by atoms with E-state index in [1.807, 2.05) is 0 Å². The Labute approximate surface area is 105 Å². The van der Waals surface area contributed by atoms with Crippen molar-refractivity contribution in [3.8, 4) is 11.5 Å². The summed E-state index contributed by atoms with van der Waals surface area (Å²) in [6.45, 7) is 1.37. The second kappa shape index (κ2) is 5.49. The predicted molar refractivity (Wildman–Crippen MR) is 68.0 cm³/mol. The largest absolute Gasteiger partial charge is 0.504 e. The third-order valence-corrected chi connectivity index (χ3v) is 2.40. The predicted octanol–water partition coefficient (Wildman–Crippen LogP) is 0.864. The molecule has 6 heteroatoms. The van der Waals surface area contributed by atoms with E-state index in [2.05, 4.69) is 5.32 Å². The summed E-state index contributed by atoms with van der Waals surface area (Å²) in [6.07, 6.45) is 0. The van der Waals surface area contributed by atoms with Gasteiger partial charge in [0.15, 0.2) is 11.5 Å². The molecule has 0 aromatic heterocycles. The SMILES string of the molecule is COc1ccc(C(NC(C)=O)C(N)=S)cc1O. The third-order valence-electron chi connectivity index (χ3n) is 2.17. The molecule has 1 atom stereocenters. The highest BCUT2D eigenvalue weighted by molar-refractivity contribution is 7.80. The number of phenolic OH excluding ortho intramolecular Hbond substituents is 1. The van der Waals surface area contributed by atoms with Crippen molar-refractivity contribution in [2.45, 2.75) is 13.0 Å². The van der Waals surface area contributed by atoms with Gasteiger partial charge in [-0.25, -0.2) is 0 Å². The van der Waals surface area contributed by atoms with Crippen LogP contribution in [0.4, 0.5) is 0 Å². The van der Waals surface area contributed by atoms with Gasteiger partial charge >= 0.3 is 0 Å². The van der Waals surface area contributed by atoms with Crippen LogP contribution in [-0.4, -0.2) is 23.1 Å². The van der Waals surface area contributed by atoms with E-state index in [9.17, 15) is 9.90 Å². The molecule has 0 saturated carbocycles. The first kappa shape index (κ1) is 13.2. The van der Waals surface area contributed by atoms with Gasteiger partial charge in [0.25, 0.3) is 0 Å². The Morgan fingerprint density at radius 2 is 2.24 bits per heavy atom. The lowest BCUT2D eigenvalue weighted by atomic mass is 10.1. The molecule has 1 amide bonds. The fourth-order valence-corrected chi connectivity index (χ4v) is 1.60. The normalized spacial score (nSPS) is 11.6. The number of thiocarbonyl (C=S) groups is 1. The zero-order valence-electron chi connectivity index (χ0n) is 9.56. The molecule has 17 heavy (non-hydrogen) atoms. The molecule has 0 radical (unpaired) electrons. The summed E-state index contributed by atoms with van der Waals surface area (Å²) in [5.74, 6) is 0.0629. The summed E-state index contributed by atoms with van der Waals surface area (Å²) in [7, 11) is 1.45. The molecule has 0 spiro atoms. The second-order valence-electron chi connectivity index (χ2n) is 3.47. The molecule has 0 saturated heterocycles. The van der Waals surface area contributed by atoms with Crippen LogP contribution in [0.25, 0.3) is 0 Å². The maximum atomic E-state index is 11.0. The van der Waals surface area contributed by atoms with Gasteiger partial charge in [-0.05, 0) is 17.7 Å². The zero-order chi connectivity index (χ0) is 13.0. The lowest BCUT2D eigenvalue weighted by molar-refractivity contribution is -0.119. The molecule has 92 valence electrons. The van der Waals surface area contributed by atoms with Crippen molar-refractivity contribution in [2.24, 2.45) is 5.73 Å². The van der Waals surface area contributed by atoms with Crippen LogP contribution in [0.5, 0.6) is 11.5 Å². The molecular weight excluding hydrogens is 240 g/mol. The van der Waals surface area contributed by atoms with E-state index in [1.54, 1.807) is 12.1 Å². The Morgan fingerprint density at radius 1 is 1.59 bits per heavy atom. The van der Waals surface area contributed by atoms with Crippen molar-refractivity contribution >= 4 is 23.1 Å². The van der Waals surface area contributed by atoms with Gasteiger partial charge in [-0.15, -0.1) is 0 Å². The number of methoxy groups -OCH3 is 1. The average molecular weight is 254 g/mol. The molecule has 1 aromatic carbocycles. The van der Waals surface area contributed by atoms with E-state index < -0.39 is 6.04 Å². The molecule has 0 heterocycles. The fourth-order valence-electron chi connectivity index (χ4n) is 1.41. The molecule has 0 fully saturated rings. The Morgan fingerprint density at radius 3 is 2.65 bits per heavy atom. The molecule has 4 N–H and O–H groups in total. The average Bonchev–Trinajstić information content (AvgIpc) is 2.25. The minimum atomic E-state index is -0.598. The van der Waals surface area contributed by atoms with Crippen molar-refractivity contribution in [3.63, 3.8) is 0 Å². The Balaban J connectivity index is 3.06. The van der Waals surface area contributed by atoms with Crippen molar-refractivity contribution in [1.29, 1.82) is 0 Å². The Kier molecular flexibility index (Phi) is 4.28. The quantitative estimate of drug-likeness (QED) is 0.694. The zero-order valence-corrected chi connectivity index (χ0v) is 10.4. The van der Waals surface area contributed by atoms with Gasteiger partial charge in [-0.1, -0.05) is 18.3 Å². The van der Waals surface area contributed by atoms with Gasteiger partial charge in [0.05, 0.1) is 7.11 Å². The molecular formula is C11H14N2O3S.